The minimum absolute atomic E-state index is 0.563. The van der Waals surface area contributed by atoms with Crippen molar-refractivity contribution in [2.45, 2.75) is 30.2 Å². The van der Waals surface area contributed by atoms with Gasteiger partial charge in [-0.2, -0.15) is 5.10 Å². The molecule has 4 nitrogen and oxygen atoms in total. The minimum Gasteiger partial charge on any atom is -0.330 e. The molecule has 0 saturated heterocycles. The average Bonchev–Trinajstić information content (AvgIpc) is 2.51. The van der Waals surface area contributed by atoms with Gasteiger partial charge in [-0.25, -0.2) is 9.67 Å². The standard InChI is InChI=1S/C8H16N4S/c1-3-7(4-5-9)13-8-10-6-11-12(8)2/h6-7H,3-5,9H2,1-2H3. The second-order valence-electron chi connectivity index (χ2n) is 2.89. The number of hydrogen-bond acceptors (Lipinski definition) is 4. The van der Waals surface area contributed by atoms with E-state index in [1.54, 1.807) is 22.8 Å². The van der Waals surface area contributed by atoms with Crippen molar-refractivity contribution in [1.29, 1.82) is 0 Å². The number of nitrogens with zero attached hydrogens (tertiary/aromatic N) is 3. The Morgan fingerprint density at radius 1 is 1.69 bits per heavy atom. The van der Waals surface area contributed by atoms with E-state index < -0.39 is 0 Å². The van der Waals surface area contributed by atoms with Gasteiger partial charge in [-0.3, -0.25) is 0 Å². The summed E-state index contributed by atoms with van der Waals surface area (Å²) in [4.78, 5) is 4.16. The van der Waals surface area contributed by atoms with E-state index in [0.29, 0.717) is 5.25 Å². The molecule has 1 unspecified atom stereocenters. The third kappa shape index (κ3) is 3.00. The smallest absolute Gasteiger partial charge is 0.186 e. The zero-order chi connectivity index (χ0) is 9.68. The van der Waals surface area contributed by atoms with Gasteiger partial charge in [0.25, 0.3) is 0 Å². The lowest BCUT2D eigenvalue weighted by molar-refractivity contribution is 0.675. The van der Waals surface area contributed by atoms with Crippen LogP contribution in [-0.4, -0.2) is 26.6 Å². The van der Waals surface area contributed by atoms with Gasteiger partial charge >= 0.3 is 0 Å². The highest BCUT2D eigenvalue weighted by Gasteiger charge is 2.10. The maximum absolute atomic E-state index is 5.52. The summed E-state index contributed by atoms with van der Waals surface area (Å²) >= 11 is 1.76. The molecule has 0 bridgehead atoms. The van der Waals surface area contributed by atoms with E-state index in [4.69, 9.17) is 5.73 Å². The fraction of sp³-hybridized carbons (Fsp3) is 0.750. The Hall–Kier alpha value is -0.550. The highest BCUT2D eigenvalue weighted by molar-refractivity contribution is 7.99. The van der Waals surface area contributed by atoms with Crippen molar-refractivity contribution in [3.63, 3.8) is 0 Å². The van der Waals surface area contributed by atoms with E-state index in [1.807, 2.05) is 7.05 Å². The quantitative estimate of drug-likeness (QED) is 0.721. The van der Waals surface area contributed by atoms with Crippen molar-refractivity contribution in [3.8, 4) is 0 Å². The number of aromatic nitrogens is 3. The van der Waals surface area contributed by atoms with Crippen LogP contribution in [0.3, 0.4) is 0 Å². The molecule has 0 saturated carbocycles. The molecule has 0 aliphatic rings. The van der Waals surface area contributed by atoms with Crippen LogP contribution in [0.2, 0.25) is 0 Å². The van der Waals surface area contributed by atoms with Crippen LogP contribution in [0.5, 0.6) is 0 Å². The Kier molecular flexibility index (Phi) is 4.24. The molecule has 0 spiro atoms. The third-order valence-corrected chi connectivity index (χ3v) is 3.37. The minimum atomic E-state index is 0.563. The molecule has 13 heavy (non-hydrogen) atoms. The van der Waals surface area contributed by atoms with Gasteiger partial charge in [0, 0.05) is 12.3 Å². The molecule has 1 heterocycles. The third-order valence-electron chi connectivity index (χ3n) is 1.89. The fourth-order valence-electron chi connectivity index (χ4n) is 1.07. The Bertz CT molecular complexity index is 248. The summed E-state index contributed by atoms with van der Waals surface area (Å²) in [6, 6.07) is 0. The molecular weight excluding hydrogens is 184 g/mol. The van der Waals surface area contributed by atoms with Crippen molar-refractivity contribution in [1.82, 2.24) is 14.8 Å². The Morgan fingerprint density at radius 3 is 2.92 bits per heavy atom. The molecule has 2 N–H and O–H groups in total. The average molecular weight is 200 g/mol. The Morgan fingerprint density at radius 2 is 2.46 bits per heavy atom. The summed E-state index contributed by atoms with van der Waals surface area (Å²) < 4.78 is 1.80. The lowest BCUT2D eigenvalue weighted by atomic mass is 10.2. The number of nitrogens with two attached hydrogens (primary N) is 1. The first-order valence-electron chi connectivity index (χ1n) is 4.48. The van der Waals surface area contributed by atoms with Crippen LogP contribution in [0.1, 0.15) is 19.8 Å². The molecule has 5 heteroatoms. The largest absolute Gasteiger partial charge is 0.330 e. The summed E-state index contributed by atoms with van der Waals surface area (Å²) in [5.41, 5.74) is 5.52. The first kappa shape index (κ1) is 10.5. The second kappa shape index (κ2) is 5.24. The van der Waals surface area contributed by atoms with Gasteiger partial charge in [-0.1, -0.05) is 18.7 Å². The zero-order valence-corrected chi connectivity index (χ0v) is 8.92. The molecule has 0 amide bonds. The lowest BCUT2D eigenvalue weighted by Gasteiger charge is -2.11. The van der Waals surface area contributed by atoms with E-state index in [9.17, 15) is 0 Å². The monoisotopic (exact) mass is 200 g/mol. The predicted molar refractivity (Wildman–Crippen MR) is 54.6 cm³/mol. The van der Waals surface area contributed by atoms with E-state index in [2.05, 4.69) is 17.0 Å². The van der Waals surface area contributed by atoms with E-state index in [0.717, 1.165) is 24.5 Å². The normalized spacial score (nSPS) is 13.2. The summed E-state index contributed by atoms with van der Waals surface area (Å²) in [7, 11) is 1.91. The van der Waals surface area contributed by atoms with Gasteiger partial charge in [0.05, 0.1) is 0 Å². The molecule has 1 aromatic heterocycles. The molecule has 0 aromatic carbocycles. The van der Waals surface area contributed by atoms with E-state index in [-0.39, 0.29) is 0 Å². The summed E-state index contributed by atoms with van der Waals surface area (Å²) in [5.74, 6) is 0. The van der Waals surface area contributed by atoms with Gasteiger partial charge in [0.15, 0.2) is 5.16 Å². The predicted octanol–water partition coefficient (Wildman–Crippen LogP) is 1.03. The van der Waals surface area contributed by atoms with Gasteiger partial charge in [0.1, 0.15) is 6.33 Å². The summed E-state index contributed by atoms with van der Waals surface area (Å²) in [5, 5.41) is 5.55. The highest BCUT2D eigenvalue weighted by atomic mass is 32.2. The van der Waals surface area contributed by atoms with Crippen LogP contribution in [0.4, 0.5) is 0 Å². The molecule has 1 aromatic rings. The van der Waals surface area contributed by atoms with Gasteiger partial charge in [-0.05, 0) is 19.4 Å². The maximum Gasteiger partial charge on any atom is 0.186 e. The molecule has 1 rings (SSSR count). The molecular formula is C8H16N4S. The molecule has 0 aliphatic heterocycles. The number of rotatable bonds is 5. The van der Waals surface area contributed by atoms with E-state index in [1.165, 1.54) is 0 Å². The Balaban J connectivity index is 2.51. The molecule has 0 aliphatic carbocycles. The van der Waals surface area contributed by atoms with Gasteiger partial charge < -0.3 is 5.73 Å². The SMILES string of the molecule is CCC(CCN)Sc1ncnn1C. The highest BCUT2D eigenvalue weighted by Crippen LogP contribution is 2.24. The first-order valence-corrected chi connectivity index (χ1v) is 5.36. The molecule has 74 valence electrons. The van der Waals surface area contributed by atoms with Crippen molar-refractivity contribution in [3.05, 3.63) is 6.33 Å². The molecule has 0 radical (unpaired) electrons. The van der Waals surface area contributed by atoms with Crippen molar-refractivity contribution in [2.24, 2.45) is 12.8 Å². The van der Waals surface area contributed by atoms with Crippen molar-refractivity contribution in [2.75, 3.05) is 6.54 Å². The summed E-state index contributed by atoms with van der Waals surface area (Å²) in [6.45, 7) is 2.91. The van der Waals surface area contributed by atoms with Crippen LogP contribution in [-0.2, 0) is 7.05 Å². The van der Waals surface area contributed by atoms with Crippen molar-refractivity contribution >= 4 is 11.8 Å². The molecule has 1 atom stereocenters. The second-order valence-corrected chi connectivity index (χ2v) is 4.16. The summed E-state index contributed by atoms with van der Waals surface area (Å²) in [6.07, 6.45) is 3.74. The topological polar surface area (TPSA) is 56.7 Å². The maximum atomic E-state index is 5.52. The van der Waals surface area contributed by atoms with Crippen LogP contribution >= 0.6 is 11.8 Å². The van der Waals surface area contributed by atoms with Crippen molar-refractivity contribution < 1.29 is 0 Å². The zero-order valence-electron chi connectivity index (χ0n) is 8.10. The fourth-order valence-corrected chi connectivity index (χ4v) is 2.10. The lowest BCUT2D eigenvalue weighted by Crippen LogP contribution is -2.10. The number of thioether (sulfide) groups is 1. The number of hydrogen-bond donors (Lipinski definition) is 1. The Labute approximate surface area is 82.9 Å². The van der Waals surface area contributed by atoms with Crippen LogP contribution < -0.4 is 5.73 Å². The van der Waals surface area contributed by atoms with Crippen LogP contribution in [0.25, 0.3) is 0 Å². The number of aryl methyl sites for hydroxylation is 1. The first-order chi connectivity index (χ1) is 6.27. The van der Waals surface area contributed by atoms with Gasteiger partial charge in [0.2, 0.25) is 0 Å². The molecule has 0 fully saturated rings. The van der Waals surface area contributed by atoms with Gasteiger partial charge in [-0.15, -0.1) is 0 Å². The van der Waals surface area contributed by atoms with Crippen LogP contribution in [0, 0.1) is 0 Å². The van der Waals surface area contributed by atoms with Crippen LogP contribution in [0.15, 0.2) is 11.5 Å². The van der Waals surface area contributed by atoms with E-state index >= 15 is 0 Å².